The average Bonchev–Trinajstić information content (AvgIpc) is 3.07. The standard InChI is InChI=1S/C36H46ClIN2O8/c1-21(2)27-10-5-22(3)13-30(27)47-20-33(43)40(18-23-6-8-26(37)9-7-23)29-16-25(36(45)39-11-12-41)17-31(34(29)44)48-35-28(38)14-24(19-42)15-32(35)46-4/h6-9,14-15,17,19,21-22,27,29-31,34,41,44H,5,10-13,16,18,20H2,1-4H3,(H,39,45). The van der Waals surface area contributed by atoms with Crippen molar-refractivity contribution >= 4 is 52.3 Å². The Labute approximate surface area is 301 Å². The van der Waals surface area contributed by atoms with Crippen molar-refractivity contribution in [3.8, 4) is 11.5 Å². The van der Waals surface area contributed by atoms with Crippen molar-refractivity contribution in [2.24, 2.45) is 17.8 Å². The summed E-state index contributed by atoms with van der Waals surface area (Å²) in [6.45, 7) is 6.30. The highest BCUT2D eigenvalue weighted by Gasteiger charge is 2.41. The van der Waals surface area contributed by atoms with Gasteiger partial charge in [0, 0.05) is 35.7 Å². The Bertz CT molecular complexity index is 1450. The van der Waals surface area contributed by atoms with Gasteiger partial charge in [-0.3, -0.25) is 14.4 Å². The maximum atomic E-state index is 14.2. The van der Waals surface area contributed by atoms with Gasteiger partial charge in [0.15, 0.2) is 11.5 Å². The Morgan fingerprint density at radius 1 is 1.19 bits per heavy atom. The molecule has 262 valence electrons. The lowest BCUT2D eigenvalue weighted by Gasteiger charge is -2.41. The van der Waals surface area contributed by atoms with Crippen molar-refractivity contribution in [3.63, 3.8) is 0 Å². The van der Waals surface area contributed by atoms with E-state index in [1.165, 1.54) is 19.3 Å². The Hall–Kier alpha value is -2.71. The first-order valence-electron chi connectivity index (χ1n) is 16.4. The van der Waals surface area contributed by atoms with Crippen LogP contribution in [0.25, 0.3) is 0 Å². The Kier molecular flexibility index (Phi) is 14.1. The van der Waals surface area contributed by atoms with Gasteiger partial charge >= 0.3 is 0 Å². The summed E-state index contributed by atoms with van der Waals surface area (Å²) in [5.41, 5.74) is 1.46. The monoisotopic (exact) mass is 796 g/mol. The summed E-state index contributed by atoms with van der Waals surface area (Å²) in [6.07, 6.45) is 2.91. The fourth-order valence-electron chi connectivity index (χ4n) is 6.58. The van der Waals surface area contributed by atoms with Gasteiger partial charge in [-0.25, -0.2) is 0 Å². The summed E-state index contributed by atoms with van der Waals surface area (Å²) >= 11 is 8.18. The zero-order valence-corrected chi connectivity index (χ0v) is 30.8. The lowest BCUT2D eigenvalue weighted by molar-refractivity contribution is -0.149. The molecule has 0 saturated heterocycles. The average molecular weight is 797 g/mol. The van der Waals surface area contributed by atoms with Crippen LogP contribution in [-0.2, 0) is 20.9 Å². The molecule has 6 unspecified atom stereocenters. The van der Waals surface area contributed by atoms with Gasteiger partial charge in [-0.1, -0.05) is 50.9 Å². The van der Waals surface area contributed by atoms with Crippen LogP contribution in [0.4, 0.5) is 0 Å². The number of aliphatic hydroxyl groups is 2. The van der Waals surface area contributed by atoms with E-state index in [0.29, 0.717) is 38.2 Å². The van der Waals surface area contributed by atoms with Crippen LogP contribution in [0.15, 0.2) is 48.0 Å². The van der Waals surface area contributed by atoms with Gasteiger partial charge in [0.1, 0.15) is 25.1 Å². The third-order valence-electron chi connectivity index (χ3n) is 9.23. The lowest BCUT2D eigenvalue weighted by atomic mass is 9.75. The van der Waals surface area contributed by atoms with Crippen LogP contribution in [0.2, 0.25) is 5.02 Å². The summed E-state index contributed by atoms with van der Waals surface area (Å²) in [6, 6.07) is 9.38. The van der Waals surface area contributed by atoms with E-state index < -0.39 is 24.2 Å². The number of hydrogen-bond acceptors (Lipinski definition) is 8. The van der Waals surface area contributed by atoms with Gasteiger partial charge in [-0.05, 0) is 89.1 Å². The van der Waals surface area contributed by atoms with Crippen molar-refractivity contribution in [3.05, 3.63) is 67.8 Å². The van der Waals surface area contributed by atoms with Gasteiger partial charge in [0.05, 0.1) is 29.4 Å². The summed E-state index contributed by atoms with van der Waals surface area (Å²) in [4.78, 5) is 40.6. The molecule has 0 aliphatic heterocycles. The third-order valence-corrected chi connectivity index (χ3v) is 10.3. The van der Waals surface area contributed by atoms with E-state index in [-0.39, 0.29) is 61.8 Å². The molecule has 2 aliphatic rings. The highest BCUT2D eigenvalue weighted by Crippen LogP contribution is 2.38. The molecule has 2 aromatic carbocycles. The molecular weight excluding hydrogens is 751 g/mol. The van der Waals surface area contributed by atoms with Crippen LogP contribution in [0, 0.1) is 21.3 Å². The van der Waals surface area contributed by atoms with E-state index in [2.05, 4.69) is 26.1 Å². The number of amides is 2. The fourth-order valence-corrected chi connectivity index (χ4v) is 7.46. The number of hydrogen-bond donors (Lipinski definition) is 3. The molecule has 3 N–H and O–H groups in total. The number of aldehydes is 1. The minimum Gasteiger partial charge on any atom is -0.493 e. The largest absolute Gasteiger partial charge is 0.493 e. The third kappa shape index (κ3) is 9.71. The number of aliphatic hydroxyl groups excluding tert-OH is 2. The first-order chi connectivity index (χ1) is 22.9. The molecule has 48 heavy (non-hydrogen) atoms. The minimum absolute atomic E-state index is 0.0327. The number of nitrogens with one attached hydrogen (secondary N) is 1. The summed E-state index contributed by atoms with van der Waals surface area (Å²) in [5.74, 6) is 1.03. The van der Waals surface area contributed by atoms with Crippen molar-refractivity contribution < 1.29 is 38.8 Å². The van der Waals surface area contributed by atoms with E-state index in [0.717, 1.165) is 24.8 Å². The summed E-state index contributed by atoms with van der Waals surface area (Å²) in [7, 11) is 1.44. The Morgan fingerprint density at radius 3 is 2.56 bits per heavy atom. The number of ether oxygens (including phenoxy) is 3. The van der Waals surface area contributed by atoms with Crippen LogP contribution < -0.4 is 14.8 Å². The highest BCUT2D eigenvalue weighted by atomic mass is 127. The molecule has 10 nitrogen and oxygen atoms in total. The zero-order valence-electron chi connectivity index (χ0n) is 27.9. The maximum Gasteiger partial charge on any atom is 0.249 e. The number of methoxy groups -OCH3 is 1. The number of benzene rings is 2. The molecular formula is C36H46ClIN2O8. The van der Waals surface area contributed by atoms with Gasteiger partial charge < -0.3 is 34.6 Å². The van der Waals surface area contributed by atoms with Crippen LogP contribution in [0.3, 0.4) is 0 Å². The number of carbonyl (C=O) groups excluding carboxylic acids is 3. The number of halogens is 2. The molecule has 0 spiro atoms. The molecule has 0 aromatic heterocycles. The second-order valence-corrected chi connectivity index (χ2v) is 14.6. The van der Waals surface area contributed by atoms with Gasteiger partial charge in [0.25, 0.3) is 0 Å². The van der Waals surface area contributed by atoms with Crippen molar-refractivity contribution in [1.82, 2.24) is 10.2 Å². The molecule has 0 bridgehead atoms. The van der Waals surface area contributed by atoms with Gasteiger partial charge in [-0.2, -0.15) is 0 Å². The predicted molar refractivity (Wildman–Crippen MR) is 191 cm³/mol. The first-order valence-corrected chi connectivity index (χ1v) is 17.8. The molecule has 0 heterocycles. The summed E-state index contributed by atoms with van der Waals surface area (Å²) in [5, 5.41) is 24.5. The van der Waals surface area contributed by atoms with Gasteiger partial charge in [0.2, 0.25) is 11.8 Å². The number of nitrogens with zero attached hydrogens (tertiary/aromatic N) is 1. The van der Waals surface area contributed by atoms with Crippen LogP contribution in [0.5, 0.6) is 11.5 Å². The van der Waals surface area contributed by atoms with E-state index in [4.69, 9.17) is 25.8 Å². The normalized spacial score (nSPS) is 24.1. The molecule has 4 rings (SSSR count). The van der Waals surface area contributed by atoms with E-state index in [9.17, 15) is 24.6 Å². The van der Waals surface area contributed by atoms with Crippen molar-refractivity contribution in [2.45, 2.75) is 77.4 Å². The molecule has 1 fully saturated rings. The van der Waals surface area contributed by atoms with Gasteiger partial charge in [-0.15, -0.1) is 0 Å². The van der Waals surface area contributed by atoms with Crippen molar-refractivity contribution in [2.75, 3.05) is 26.9 Å². The predicted octanol–water partition coefficient (Wildman–Crippen LogP) is 5.19. The zero-order chi connectivity index (χ0) is 35.0. The lowest BCUT2D eigenvalue weighted by Crippen LogP contribution is -2.55. The van der Waals surface area contributed by atoms with Crippen LogP contribution in [0.1, 0.15) is 62.4 Å². The molecule has 2 aliphatic carbocycles. The summed E-state index contributed by atoms with van der Waals surface area (Å²) < 4.78 is 18.8. The first kappa shape index (κ1) is 38.1. The quantitative estimate of drug-likeness (QED) is 0.176. The molecule has 2 amide bonds. The molecule has 1 saturated carbocycles. The minimum atomic E-state index is -1.26. The second kappa shape index (κ2) is 17.8. The molecule has 12 heteroatoms. The SMILES string of the molecule is COc1cc(C=O)cc(I)c1OC1C=C(C(=O)NCCO)CC(N(Cc2ccc(Cl)cc2)C(=O)COC2CC(C)CCC2C(C)C)C1O. The Morgan fingerprint density at radius 2 is 1.92 bits per heavy atom. The fraction of sp³-hybridized carbons (Fsp3) is 0.528. The number of rotatable bonds is 14. The molecule has 0 radical (unpaired) electrons. The van der Waals surface area contributed by atoms with Crippen LogP contribution in [-0.4, -0.2) is 84.4 Å². The second-order valence-electron chi connectivity index (χ2n) is 13.0. The topological polar surface area (TPSA) is 135 Å². The van der Waals surface area contributed by atoms with E-state index >= 15 is 0 Å². The molecule has 6 atom stereocenters. The molecule has 2 aromatic rings. The van der Waals surface area contributed by atoms with E-state index in [1.807, 2.05) is 34.7 Å². The maximum absolute atomic E-state index is 14.2. The smallest absolute Gasteiger partial charge is 0.249 e. The number of carbonyl (C=O) groups is 3. The van der Waals surface area contributed by atoms with Crippen LogP contribution >= 0.6 is 34.2 Å². The highest BCUT2D eigenvalue weighted by molar-refractivity contribution is 14.1. The van der Waals surface area contributed by atoms with E-state index in [1.54, 1.807) is 23.1 Å². The Balaban J connectivity index is 1.69. The van der Waals surface area contributed by atoms with Crippen molar-refractivity contribution in [1.29, 1.82) is 0 Å².